The van der Waals surface area contributed by atoms with E-state index in [0.29, 0.717) is 37.5 Å². The minimum atomic E-state index is -1.00. The average molecular weight is 704 g/mol. The van der Waals surface area contributed by atoms with Crippen molar-refractivity contribution in [2.45, 2.75) is 95.0 Å². The van der Waals surface area contributed by atoms with E-state index < -0.39 is 18.3 Å². The Kier molecular flexibility index (Phi) is 14.5. The van der Waals surface area contributed by atoms with Gasteiger partial charge in [-0.05, 0) is 85.9 Å². The average Bonchev–Trinajstić information content (AvgIpc) is 3.58. The van der Waals surface area contributed by atoms with Crippen LogP contribution < -0.4 is 15.8 Å². The summed E-state index contributed by atoms with van der Waals surface area (Å²) in [5.41, 5.74) is 9.05. The SMILES string of the molecule is CCC1C#CC2C=CC(c3ccc(O)c(OC(CC(Cc4ccc[nH]4)C4=CCNC(N)=C4)C(O)CCO)c3)CC(O)C2C(OCCO)CCCC1. The Morgan fingerprint density at radius 2 is 1.92 bits per heavy atom. The number of nitrogens with two attached hydrogens (primary N) is 1. The molecular weight excluding hydrogens is 646 g/mol. The minimum Gasteiger partial charge on any atom is -0.504 e. The lowest BCUT2D eigenvalue weighted by atomic mass is 9.79. The van der Waals surface area contributed by atoms with Crippen LogP contribution in [0.1, 0.15) is 75.5 Å². The molecule has 9 atom stereocenters. The molecule has 1 aromatic heterocycles. The van der Waals surface area contributed by atoms with Crippen LogP contribution in [-0.2, 0) is 11.2 Å². The number of nitrogens with one attached hydrogen (secondary N) is 2. The fraction of sp³-hybridized carbons (Fsp3) is 0.561. The van der Waals surface area contributed by atoms with Crippen LogP contribution in [0.25, 0.3) is 0 Å². The van der Waals surface area contributed by atoms with Crippen LogP contribution in [-0.4, -0.2) is 81.3 Å². The van der Waals surface area contributed by atoms with Crippen molar-refractivity contribution in [3.05, 3.63) is 83.5 Å². The lowest BCUT2D eigenvalue weighted by Gasteiger charge is -2.34. The summed E-state index contributed by atoms with van der Waals surface area (Å²) in [6.45, 7) is 2.67. The summed E-state index contributed by atoms with van der Waals surface area (Å²) in [6.07, 6.45) is 13.8. The van der Waals surface area contributed by atoms with Crippen molar-refractivity contribution in [2.75, 3.05) is 26.4 Å². The molecule has 1 aliphatic heterocycles. The van der Waals surface area contributed by atoms with E-state index in [9.17, 15) is 25.5 Å². The van der Waals surface area contributed by atoms with Crippen molar-refractivity contribution >= 4 is 0 Å². The molecule has 2 heterocycles. The molecule has 10 heteroatoms. The summed E-state index contributed by atoms with van der Waals surface area (Å²) in [5.74, 6) is 7.31. The quantitative estimate of drug-likeness (QED) is 0.0988. The smallest absolute Gasteiger partial charge is 0.161 e. The third kappa shape index (κ3) is 10.7. The van der Waals surface area contributed by atoms with Crippen LogP contribution in [0.2, 0.25) is 0 Å². The Morgan fingerprint density at radius 3 is 2.67 bits per heavy atom. The summed E-state index contributed by atoms with van der Waals surface area (Å²) >= 11 is 0. The number of dihydropyridines is 1. The molecule has 0 amide bonds. The normalized spacial score (nSPS) is 26.9. The highest BCUT2D eigenvalue weighted by Crippen LogP contribution is 2.40. The number of aromatic nitrogens is 1. The number of fused-ring (bicyclic) bond motifs is 1. The second-order valence-electron chi connectivity index (χ2n) is 14.2. The van der Waals surface area contributed by atoms with Crippen molar-refractivity contribution < 1.29 is 35.0 Å². The van der Waals surface area contributed by atoms with Crippen LogP contribution in [0.5, 0.6) is 11.5 Å². The van der Waals surface area contributed by atoms with Gasteiger partial charge in [0.15, 0.2) is 11.5 Å². The zero-order valence-electron chi connectivity index (χ0n) is 29.8. The molecule has 2 aromatic rings. The number of phenolic OH excluding ortho intramolecular Hbond substituents is 1. The second kappa shape index (κ2) is 19.2. The van der Waals surface area contributed by atoms with Crippen molar-refractivity contribution in [1.29, 1.82) is 0 Å². The van der Waals surface area contributed by atoms with Crippen molar-refractivity contribution in [1.82, 2.24) is 10.3 Å². The first kappa shape index (κ1) is 38.5. The molecular formula is C41H57N3O7. The lowest BCUT2D eigenvalue weighted by Crippen LogP contribution is -2.39. The molecule has 0 fully saturated rings. The number of hydrogen-bond donors (Lipinski definition) is 8. The number of H-pyrrole nitrogens is 1. The minimum absolute atomic E-state index is 0.0627. The summed E-state index contributed by atoms with van der Waals surface area (Å²) in [6, 6.07) is 9.19. The van der Waals surface area contributed by atoms with E-state index in [1.807, 2.05) is 30.5 Å². The van der Waals surface area contributed by atoms with Gasteiger partial charge in [0.05, 0.1) is 37.3 Å². The maximum Gasteiger partial charge on any atom is 0.161 e. The van der Waals surface area contributed by atoms with Crippen molar-refractivity contribution in [3.8, 4) is 23.3 Å². The second-order valence-corrected chi connectivity index (χ2v) is 14.2. The number of aliphatic hydroxyl groups excluding tert-OH is 4. The van der Waals surface area contributed by atoms with E-state index in [2.05, 4.69) is 47.3 Å². The number of ether oxygens (including phenoxy) is 2. The first-order valence-electron chi connectivity index (χ1n) is 18.7. The first-order valence-corrected chi connectivity index (χ1v) is 18.7. The van der Waals surface area contributed by atoms with Gasteiger partial charge in [0.2, 0.25) is 0 Å². The topological polar surface area (TPSA) is 173 Å². The molecule has 0 saturated carbocycles. The third-order valence-electron chi connectivity index (χ3n) is 10.6. The summed E-state index contributed by atoms with van der Waals surface area (Å²) in [7, 11) is 0. The molecule has 0 saturated heterocycles. The Morgan fingerprint density at radius 1 is 1.08 bits per heavy atom. The van der Waals surface area contributed by atoms with Gasteiger partial charge in [-0.3, -0.25) is 0 Å². The van der Waals surface area contributed by atoms with Crippen LogP contribution in [0.3, 0.4) is 0 Å². The monoisotopic (exact) mass is 703 g/mol. The predicted octanol–water partition coefficient (Wildman–Crippen LogP) is 4.41. The van der Waals surface area contributed by atoms with Gasteiger partial charge < -0.3 is 51.0 Å². The molecule has 51 heavy (non-hydrogen) atoms. The number of hydrogen-bond acceptors (Lipinski definition) is 9. The van der Waals surface area contributed by atoms with Crippen LogP contribution in [0.4, 0.5) is 0 Å². The van der Waals surface area contributed by atoms with E-state index in [-0.39, 0.29) is 67.5 Å². The summed E-state index contributed by atoms with van der Waals surface area (Å²) in [5, 5.41) is 56.6. The van der Waals surface area contributed by atoms with Gasteiger partial charge in [0, 0.05) is 55.1 Å². The van der Waals surface area contributed by atoms with Crippen molar-refractivity contribution in [2.24, 2.45) is 29.4 Å². The highest BCUT2D eigenvalue weighted by atomic mass is 16.5. The molecule has 10 nitrogen and oxygen atoms in total. The van der Waals surface area contributed by atoms with E-state index in [1.54, 1.807) is 12.1 Å². The molecule has 0 spiro atoms. The molecule has 9 N–H and O–H groups in total. The Hall–Kier alpha value is -3.72. The van der Waals surface area contributed by atoms with Gasteiger partial charge in [0.1, 0.15) is 6.10 Å². The molecule has 3 aliphatic rings. The van der Waals surface area contributed by atoms with Gasteiger partial charge in [-0.15, -0.1) is 0 Å². The zero-order valence-corrected chi connectivity index (χ0v) is 29.8. The van der Waals surface area contributed by atoms with Crippen LogP contribution in [0, 0.1) is 35.5 Å². The first-order chi connectivity index (χ1) is 24.8. The summed E-state index contributed by atoms with van der Waals surface area (Å²) in [4.78, 5) is 3.27. The maximum atomic E-state index is 11.8. The Labute approximate surface area is 302 Å². The Balaban J connectivity index is 1.42. The van der Waals surface area contributed by atoms with Crippen molar-refractivity contribution in [3.63, 3.8) is 0 Å². The lowest BCUT2D eigenvalue weighted by molar-refractivity contribution is -0.0602. The number of aromatic amines is 1. The van der Waals surface area contributed by atoms with E-state index in [1.165, 1.54) is 0 Å². The fourth-order valence-electron chi connectivity index (χ4n) is 7.77. The van der Waals surface area contributed by atoms with Gasteiger partial charge in [-0.25, -0.2) is 0 Å². The van der Waals surface area contributed by atoms with E-state index in [4.69, 9.17) is 15.2 Å². The molecule has 278 valence electrons. The summed E-state index contributed by atoms with van der Waals surface area (Å²) < 4.78 is 12.7. The van der Waals surface area contributed by atoms with E-state index in [0.717, 1.165) is 48.9 Å². The molecule has 1 aromatic carbocycles. The predicted molar refractivity (Wildman–Crippen MR) is 198 cm³/mol. The van der Waals surface area contributed by atoms with Crippen LogP contribution >= 0.6 is 0 Å². The molecule has 5 rings (SSSR count). The number of aromatic hydroxyl groups is 1. The standard InChI is InChI=1S/C41H57N3O7/c1-2-27-6-3-4-8-37(50-21-20-46)41-28(10-9-27)11-12-29(23-36(41)49)30-13-14-34(47)38(24-30)51-39(35(48)16-19-45)25-32(22-33-7-5-17-43-33)31-15-18-44-40(42)26-31/h5,7,11-15,17,24,26-29,32,35-37,39,41,43-49H,2-4,6,8,16,18-23,25,42H2,1H3. The zero-order chi connectivity index (χ0) is 36.2. The number of benzene rings is 1. The maximum absolute atomic E-state index is 11.8. The number of phenols is 1. The number of allylic oxidation sites excluding steroid dienone is 4. The number of aliphatic hydroxyl groups is 4. The molecule has 0 bridgehead atoms. The largest absolute Gasteiger partial charge is 0.504 e. The molecule has 2 aliphatic carbocycles. The molecule has 0 radical (unpaired) electrons. The van der Waals surface area contributed by atoms with Gasteiger partial charge in [0.25, 0.3) is 0 Å². The third-order valence-corrected chi connectivity index (χ3v) is 10.6. The highest BCUT2D eigenvalue weighted by Gasteiger charge is 2.38. The van der Waals surface area contributed by atoms with E-state index >= 15 is 0 Å². The Bertz CT molecular complexity index is 1530. The molecule has 9 unspecified atom stereocenters. The highest BCUT2D eigenvalue weighted by molar-refractivity contribution is 5.44. The van der Waals surface area contributed by atoms with Gasteiger partial charge in [-0.1, -0.05) is 55.9 Å². The van der Waals surface area contributed by atoms with Crippen LogP contribution in [0.15, 0.2) is 72.2 Å². The fourth-order valence-corrected chi connectivity index (χ4v) is 7.77. The number of rotatable bonds is 15. The van der Waals surface area contributed by atoms with Gasteiger partial charge in [-0.2, -0.15) is 0 Å². The van der Waals surface area contributed by atoms with Gasteiger partial charge >= 0.3 is 0 Å².